The summed E-state index contributed by atoms with van der Waals surface area (Å²) in [6.07, 6.45) is -3.81. The van der Waals surface area contributed by atoms with E-state index in [-0.39, 0.29) is 27.2 Å². The summed E-state index contributed by atoms with van der Waals surface area (Å²) in [5.41, 5.74) is -1.04. The number of nitrogens with one attached hydrogen (secondary N) is 1. The van der Waals surface area contributed by atoms with Crippen LogP contribution in [0.4, 0.5) is 18.9 Å². The number of carbonyl (C=O) groups excluding carboxylic acids is 4. The quantitative estimate of drug-likeness (QED) is 0.328. The van der Waals surface area contributed by atoms with Crippen molar-refractivity contribution in [2.24, 2.45) is 23.7 Å². The number of anilines is 1. The van der Waals surface area contributed by atoms with Crippen LogP contribution in [0.5, 0.6) is 0 Å². The molecule has 7 nitrogen and oxygen atoms in total. The van der Waals surface area contributed by atoms with Gasteiger partial charge >= 0.3 is 12.1 Å². The zero-order valence-corrected chi connectivity index (χ0v) is 19.4. The predicted octanol–water partition coefficient (Wildman–Crippen LogP) is 2.97. The Labute approximate surface area is 197 Å². The third-order valence-corrected chi connectivity index (χ3v) is 9.41. The lowest BCUT2D eigenvalue weighted by molar-refractivity contribution is -0.154. The molecule has 0 unspecified atom stereocenters. The number of likely N-dealkylation sites (tertiary alicyclic amines) is 1. The van der Waals surface area contributed by atoms with Crippen LogP contribution in [0, 0.1) is 23.7 Å². The molecule has 6 atom stereocenters. The molecule has 12 heteroatoms. The first-order valence-electron chi connectivity index (χ1n) is 9.75. The second-order valence-electron chi connectivity index (χ2n) is 8.05. The van der Waals surface area contributed by atoms with Gasteiger partial charge in [-0.1, -0.05) is 37.9 Å². The molecule has 2 bridgehead atoms. The summed E-state index contributed by atoms with van der Waals surface area (Å²) in [7, 11) is 0. The highest BCUT2D eigenvalue weighted by molar-refractivity contribution is 9.12. The van der Waals surface area contributed by atoms with Gasteiger partial charge in [-0.05, 0) is 36.5 Å². The fraction of sp³-hybridized carbons (Fsp3) is 0.500. The van der Waals surface area contributed by atoms with E-state index in [1.54, 1.807) is 0 Å². The van der Waals surface area contributed by atoms with Gasteiger partial charge in [0, 0.05) is 15.3 Å². The van der Waals surface area contributed by atoms with E-state index in [2.05, 4.69) is 37.2 Å². The van der Waals surface area contributed by atoms with Gasteiger partial charge in [0.1, 0.15) is 6.54 Å². The molecule has 1 N–H and O–H groups in total. The molecule has 1 heterocycles. The van der Waals surface area contributed by atoms with Gasteiger partial charge in [0.15, 0.2) is 6.61 Å². The van der Waals surface area contributed by atoms with Gasteiger partial charge in [-0.3, -0.25) is 24.1 Å². The summed E-state index contributed by atoms with van der Waals surface area (Å²) in [4.78, 5) is 50.6. The van der Waals surface area contributed by atoms with E-state index in [9.17, 15) is 32.3 Å². The molecule has 2 saturated carbocycles. The standard InChI is InChI=1S/C20H17Br2F3N2O5/c21-16-10-5-11(17(16)22)15-14(10)18(30)27(19(15)31)6-13(29)32-7-12(28)26-9-3-1-2-8(4-9)20(23,24)25/h1-4,10-11,14-17H,5-7H2,(H,26,28)/t10-,11-,14-,15+,16-,17+/m1/s1. The van der Waals surface area contributed by atoms with Crippen LogP contribution in [0.2, 0.25) is 0 Å². The third-order valence-electron chi connectivity index (χ3n) is 6.20. The summed E-state index contributed by atoms with van der Waals surface area (Å²) in [5, 5.41) is 2.21. The van der Waals surface area contributed by atoms with Crippen molar-refractivity contribution in [2.75, 3.05) is 18.5 Å². The lowest BCUT2D eigenvalue weighted by Crippen LogP contribution is -2.38. The second-order valence-corrected chi connectivity index (χ2v) is 10.2. The summed E-state index contributed by atoms with van der Waals surface area (Å²) in [5.74, 6) is -3.57. The number of alkyl halides is 5. The number of benzene rings is 1. The first-order chi connectivity index (χ1) is 15.0. The van der Waals surface area contributed by atoms with Gasteiger partial charge in [0.2, 0.25) is 11.8 Å². The number of imide groups is 1. The van der Waals surface area contributed by atoms with Gasteiger partial charge < -0.3 is 10.1 Å². The van der Waals surface area contributed by atoms with Crippen LogP contribution in [-0.4, -0.2) is 51.4 Å². The Kier molecular flexibility index (Phi) is 6.12. The molecule has 0 radical (unpaired) electrons. The van der Waals surface area contributed by atoms with Gasteiger partial charge in [0.05, 0.1) is 17.4 Å². The number of esters is 1. The molecule has 4 rings (SSSR count). The van der Waals surface area contributed by atoms with Crippen LogP contribution in [0.15, 0.2) is 24.3 Å². The van der Waals surface area contributed by atoms with E-state index in [1.807, 2.05) is 0 Å². The number of rotatable bonds is 5. The SMILES string of the molecule is O=C(COC(=O)CN1C(=O)[C@@H]2[C@H]3C[C@@H]([C@H](Br)[C@@H]3Br)[C@@H]2C1=O)Nc1cccc(C(F)(F)F)c1. The molecule has 0 spiro atoms. The molecule has 3 amide bonds. The average Bonchev–Trinajstić information content (AvgIpc) is 3.33. The van der Waals surface area contributed by atoms with Gasteiger partial charge in [-0.2, -0.15) is 13.2 Å². The molecule has 172 valence electrons. The van der Waals surface area contributed by atoms with Crippen molar-refractivity contribution >= 4 is 61.2 Å². The van der Waals surface area contributed by atoms with Crippen molar-refractivity contribution in [3.63, 3.8) is 0 Å². The van der Waals surface area contributed by atoms with E-state index in [0.29, 0.717) is 0 Å². The summed E-state index contributed by atoms with van der Waals surface area (Å²) in [6, 6.07) is 4.01. The molecule has 1 aliphatic heterocycles. The lowest BCUT2D eigenvalue weighted by Gasteiger charge is -2.28. The van der Waals surface area contributed by atoms with E-state index in [4.69, 9.17) is 4.74 Å². The minimum atomic E-state index is -4.57. The van der Waals surface area contributed by atoms with Crippen molar-refractivity contribution in [3.8, 4) is 0 Å². The Balaban J connectivity index is 1.31. The Hall–Kier alpha value is -1.95. The Bertz CT molecular complexity index is 956. The van der Waals surface area contributed by atoms with Crippen molar-refractivity contribution in [1.82, 2.24) is 4.90 Å². The number of fused-ring (bicyclic) bond motifs is 5. The van der Waals surface area contributed by atoms with Crippen molar-refractivity contribution in [2.45, 2.75) is 22.3 Å². The van der Waals surface area contributed by atoms with Crippen molar-refractivity contribution < 1.29 is 37.1 Å². The third kappa shape index (κ3) is 4.07. The minimum Gasteiger partial charge on any atom is -0.454 e. The molecular formula is C20H17Br2F3N2O5. The highest BCUT2D eigenvalue weighted by Gasteiger charge is 2.66. The monoisotopic (exact) mass is 580 g/mol. The topological polar surface area (TPSA) is 92.8 Å². The highest BCUT2D eigenvalue weighted by Crippen LogP contribution is 2.60. The molecule has 32 heavy (non-hydrogen) atoms. The molecule has 1 aromatic rings. The number of carbonyl (C=O) groups is 4. The summed E-state index contributed by atoms with van der Waals surface area (Å²) >= 11 is 7.14. The predicted molar refractivity (Wildman–Crippen MR) is 112 cm³/mol. The highest BCUT2D eigenvalue weighted by atomic mass is 79.9. The summed E-state index contributed by atoms with van der Waals surface area (Å²) in [6.45, 7) is -1.38. The minimum absolute atomic E-state index is 0.00471. The first-order valence-corrected chi connectivity index (χ1v) is 11.6. The maximum atomic E-state index is 12.8. The fourth-order valence-electron chi connectivity index (χ4n) is 4.86. The van der Waals surface area contributed by atoms with Crippen LogP contribution < -0.4 is 5.32 Å². The zero-order chi connectivity index (χ0) is 23.4. The Morgan fingerprint density at radius 1 is 1.09 bits per heavy atom. The molecule has 1 aromatic carbocycles. The molecule has 3 fully saturated rings. The van der Waals surface area contributed by atoms with Crippen LogP contribution >= 0.6 is 31.9 Å². The van der Waals surface area contributed by atoms with E-state index < -0.39 is 60.4 Å². The lowest BCUT2D eigenvalue weighted by atomic mass is 9.81. The number of halogens is 5. The van der Waals surface area contributed by atoms with E-state index >= 15 is 0 Å². The number of ether oxygens (including phenoxy) is 1. The number of nitrogens with zero attached hydrogens (tertiary/aromatic N) is 1. The number of hydrogen-bond donors (Lipinski definition) is 1. The summed E-state index contributed by atoms with van der Waals surface area (Å²) < 4.78 is 43.1. The smallest absolute Gasteiger partial charge is 0.416 e. The van der Waals surface area contributed by atoms with E-state index in [0.717, 1.165) is 29.5 Å². The van der Waals surface area contributed by atoms with Gasteiger partial charge in [0.25, 0.3) is 5.91 Å². The van der Waals surface area contributed by atoms with Crippen LogP contribution in [0.1, 0.15) is 12.0 Å². The van der Waals surface area contributed by atoms with Gasteiger partial charge in [-0.25, -0.2) is 0 Å². The van der Waals surface area contributed by atoms with Crippen LogP contribution in [0.3, 0.4) is 0 Å². The Morgan fingerprint density at radius 3 is 2.25 bits per heavy atom. The maximum absolute atomic E-state index is 12.8. The maximum Gasteiger partial charge on any atom is 0.416 e. The molecule has 1 saturated heterocycles. The normalized spacial score (nSPS) is 31.1. The van der Waals surface area contributed by atoms with E-state index in [1.165, 1.54) is 6.07 Å². The average molecular weight is 582 g/mol. The first kappa shape index (κ1) is 23.2. The molecule has 0 aromatic heterocycles. The van der Waals surface area contributed by atoms with Crippen LogP contribution in [0.25, 0.3) is 0 Å². The Morgan fingerprint density at radius 2 is 1.69 bits per heavy atom. The fourth-order valence-corrected chi connectivity index (χ4v) is 6.73. The number of amides is 3. The largest absolute Gasteiger partial charge is 0.454 e. The number of hydrogen-bond acceptors (Lipinski definition) is 5. The van der Waals surface area contributed by atoms with Crippen molar-refractivity contribution in [1.29, 1.82) is 0 Å². The van der Waals surface area contributed by atoms with Crippen molar-refractivity contribution in [3.05, 3.63) is 29.8 Å². The molecule has 3 aliphatic rings. The molecule has 2 aliphatic carbocycles. The zero-order valence-electron chi connectivity index (χ0n) is 16.3. The van der Waals surface area contributed by atoms with Crippen LogP contribution in [-0.2, 0) is 30.1 Å². The molecular weight excluding hydrogens is 565 g/mol. The van der Waals surface area contributed by atoms with Gasteiger partial charge in [-0.15, -0.1) is 0 Å². The second kappa shape index (κ2) is 8.44.